The smallest absolute Gasteiger partial charge is 0.146 e. The first kappa shape index (κ1) is 15.4. The lowest BCUT2D eigenvalue weighted by molar-refractivity contribution is 0.580. The minimum Gasteiger partial charge on any atom is -0.368 e. The van der Waals surface area contributed by atoms with E-state index in [1.54, 1.807) is 18.5 Å². The van der Waals surface area contributed by atoms with Gasteiger partial charge in [0.1, 0.15) is 5.82 Å². The summed E-state index contributed by atoms with van der Waals surface area (Å²) in [6, 6.07) is 9.69. The van der Waals surface area contributed by atoms with Crippen LogP contribution in [0.1, 0.15) is 25.0 Å². The zero-order valence-corrected chi connectivity index (χ0v) is 12.8. The molecule has 0 bridgehead atoms. The number of halogens is 1. The molecule has 21 heavy (non-hydrogen) atoms. The molecule has 0 fully saturated rings. The van der Waals surface area contributed by atoms with Crippen LogP contribution in [0.15, 0.2) is 42.7 Å². The first-order valence-electron chi connectivity index (χ1n) is 7.18. The Morgan fingerprint density at radius 2 is 1.86 bits per heavy atom. The van der Waals surface area contributed by atoms with Gasteiger partial charge in [0.05, 0.1) is 5.69 Å². The molecule has 0 unspecified atom stereocenters. The maximum absolute atomic E-state index is 14.2. The third-order valence-corrected chi connectivity index (χ3v) is 3.31. The third kappa shape index (κ3) is 4.53. The molecule has 0 radical (unpaired) electrons. The summed E-state index contributed by atoms with van der Waals surface area (Å²) in [7, 11) is 1.89. The maximum atomic E-state index is 14.2. The summed E-state index contributed by atoms with van der Waals surface area (Å²) in [5.74, 6) is -0.186. The highest BCUT2D eigenvalue weighted by atomic mass is 19.1. The van der Waals surface area contributed by atoms with Crippen molar-refractivity contribution in [3.8, 4) is 0 Å². The van der Waals surface area contributed by atoms with E-state index in [1.165, 1.54) is 0 Å². The van der Waals surface area contributed by atoms with E-state index >= 15 is 0 Å². The second-order valence-electron chi connectivity index (χ2n) is 5.53. The van der Waals surface area contributed by atoms with Gasteiger partial charge in [-0.05, 0) is 35.4 Å². The summed E-state index contributed by atoms with van der Waals surface area (Å²) in [5.41, 5.74) is 2.68. The predicted molar refractivity (Wildman–Crippen MR) is 84.7 cm³/mol. The normalized spacial score (nSPS) is 10.9. The summed E-state index contributed by atoms with van der Waals surface area (Å²) in [4.78, 5) is 5.90. The summed E-state index contributed by atoms with van der Waals surface area (Å²) in [6.45, 7) is 5.49. The lowest BCUT2D eigenvalue weighted by Gasteiger charge is -2.20. The Kier molecular flexibility index (Phi) is 5.28. The highest BCUT2D eigenvalue weighted by Crippen LogP contribution is 2.21. The molecule has 0 amide bonds. The van der Waals surface area contributed by atoms with Gasteiger partial charge in [-0.1, -0.05) is 19.9 Å². The van der Waals surface area contributed by atoms with Gasteiger partial charge >= 0.3 is 0 Å². The number of benzene rings is 1. The lowest BCUT2D eigenvalue weighted by Crippen LogP contribution is -2.22. The Hall–Kier alpha value is -1.94. The first-order chi connectivity index (χ1) is 10.1. The minimum atomic E-state index is -0.186. The predicted octanol–water partition coefficient (Wildman–Crippen LogP) is 3.36. The molecule has 1 heterocycles. The van der Waals surface area contributed by atoms with Gasteiger partial charge < -0.3 is 10.2 Å². The Morgan fingerprint density at radius 3 is 2.48 bits per heavy atom. The molecule has 0 aliphatic rings. The molecule has 4 heteroatoms. The topological polar surface area (TPSA) is 28.2 Å². The molecule has 0 saturated heterocycles. The fourth-order valence-corrected chi connectivity index (χ4v) is 2.14. The molecule has 0 atom stereocenters. The van der Waals surface area contributed by atoms with E-state index in [4.69, 9.17) is 0 Å². The fourth-order valence-electron chi connectivity index (χ4n) is 2.14. The van der Waals surface area contributed by atoms with E-state index < -0.39 is 0 Å². The van der Waals surface area contributed by atoms with Crippen LogP contribution in [0.3, 0.4) is 0 Å². The second kappa shape index (κ2) is 7.18. The second-order valence-corrected chi connectivity index (χ2v) is 5.53. The summed E-state index contributed by atoms with van der Waals surface area (Å²) >= 11 is 0. The molecule has 2 rings (SSSR count). The van der Waals surface area contributed by atoms with Gasteiger partial charge in [-0.15, -0.1) is 0 Å². The van der Waals surface area contributed by atoms with Gasteiger partial charge in [0, 0.05) is 38.6 Å². The highest BCUT2D eigenvalue weighted by molar-refractivity contribution is 5.49. The highest BCUT2D eigenvalue weighted by Gasteiger charge is 2.09. The van der Waals surface area contributed by atoms with Crippen LogP contribution in [0.5, 0.6) is 0 Å². The van der Waals surface area contributed by atoms with Crippen molar-refractivity contribution in [2.24, 2.45) is 0 Å². The number of nitrogens with zero attached hydrogens (tertiary/aromatic N) is 2. The van der Waals surface area contributed by atoms with E-state index in [0.717, 1.165) is 11.1 Å². The molecule has 1 aromatic carbocycles. The Balaban J connectivity index is 2.06. The summed E-state index contributed by atoms with van der Waals surface area (Å²) in [6.07, 6.45) is 3.50. The average Bonchev–Trinajstić information content (AvgIpc) is 2.46. The number of nitrogens with one attached hydrogen (secondary N) is 1. The van der Waals surface area contributed by atoms with Gasteiger partial charge in [0.2, 0.25) is 0 Å². The average molecular weight is 287 g/mol. The van der Waals surface area contributed by atoms with Gasteiger partial charge in [-0.3, -0.25) is 4.98 Å². The van der Waals surface area contributed by atoms with Gasteiger partial charge in [0.15, 0.2) is 0 Å². The van der Waals surface area contributed by atoms with Crippen molar-refractivity contribution in [2.75, 3.05) is 11.9 Å². The molecular formula is C17H22FN3. The Bertz CT molecular complexity index is 570. The summed E-state index contributed by atoms with van der Waals surface area (Å²) < 4.78 is 14.2. The molecular weight excluding hydrogens is 265 g/mol. The zero-order valence-electron chi connectivity index (χ0n) is 12.8. The lowest BCUT2D eigenvalue weighted by atomic mass is 10.1. The number of pyridine rings is 1. The minimum absolute atomic E-state index is 0.186. The van der Waals surface area contributed by atoms with Crippen LogP contribution in [0, 0.1) is 5.82 Å². The molecule has 2 aromatic rings. The van der Waals surface area contributed by atoms with Crippen LogP contribution in [-0.4, -0.2) is 18.1 Å². The van der Waals surface area contributed by atoms with Crippen molar-refractivity contribution in [1.29, 1.82) is 0 Å². The number of rotatable bonds is 6. The van der Waals surface area contributed by atoms with Gasteiger partial charge in [0.25, 0.3) is 0 Å². The van der Waals surface area contributed by atoms with Crippen molar-refractivity contribution in [3.05, 3.63) is 59.7 Å². The molecule has 0 aliphatic carbocycles. The molecule has 1 N–H and O–H groups in total. The van der Waals surface area contributed by atoms with Crippen molar-refractivity contribution in [2.45, 2.75) is 33.0 Å². The van der Waals surface area contributed by atoms with Crippen LogP contribution in [-0.2, 0) is 13.1 Å². The zero-order chi connectivity index (χ0) is 15.2. The van der Waals surface area contributed by atoms with Crippen molar-refractivity contribution >= 4 is 5.69 Å². The largest absolute Gasteiger partial charge is 0.368 e. The van der Waals surface area contributed by atoms with Crippen molar-refractivity contribution < 1.29 is 4.39 Å². The Morgan fingerprint density at radius 1 is 1.14 bits per heavy atom. The number of hydrogen-bond donors (Lipinski definition) is 1. The fraction of sp³-hybridized carbons (Fsp3) is 0.353. The molecule has 0 spiro atoms. The SMILES string of the molecule is CC(C)NCc1ccc(N(C)Cc2ccncc2)c(F)c1. The molecule has 112 valence electrons. The van der Waals surface area contributed by atoms with Crippen LogP contribution >= 0.6 is 0 Å². The van der Waals surface area contributed by atoms with E-state index in [1.807, 2.05) is 36.2 Å². The number of hydrogen-bond acceptors (Lipinski definition) is 3. The van der Waals surface area contributed by atoms with E-state index in [2.05, 4.69) is 24.1 Å². The van der Waals surface area contributed by atoms with Crippen molar-refractivity contribution in [1.82, 2.24) is 10.3 Å². The van der Waals surface area contributed by atoms with Crippen LogP contribution in [0.4, 0.5) is 10.1 Å². The Labute approximate surface area is 125 Å². The van der Waals surface area contributed by atoms with Crippen molar-refractivity contribution in [3.63, 3.8) is 0 Å². The number of anilines is 1. The summed E-state index contributed by atoms with van der Waals surface area (Å²) in [5, 5.41) is 3.29. The van der Waals surface area contributed by atoms with Gasteiger partial charge in [-0.2, -0.15) is 0 Å². The van der Waals surface area contributed by atoms with Crippen LogP contribution in [0.25, 0.3) is 0 Å². The van der Waals surface area contributed by atoms with Crippen LogP contribution < -0.4 is 10.2 Å². The van der Waals surface area contributed by atoms with Gasteiger partial charge in [-0.25, -0.2) is 4.39 Å². The molecule has 1 aromatic heterocycles. The third-order valence-electron chi connectivity index (χ3n) is 3.31. The van der Waals surface area contributed by atoms with Crippen LogP contribution in [0.2, 0.25) is 0 Å². The molecule has 0 aliphatic heterocycles. The molecule has 3 nitrogen and oxygen atoms in total. The number of aromatic nitrogens is 1. The quantitative estimate of drug-likeness (QED) is 0.883. The monoisotopic (exact) mass is 287 g/mol. The van der Waals surface area contributed by atoms with E-state index in [-0.39, 0.29) is 5.82 Å². The first-order valence-corrected chi connectivity index (χ1v) is 7.18. The van der Waals surface area contributed by atoms with E-state index in [9.17, 15) is 4.39 Å². The maximum Gasteiger partial charge on any atom is 0.146 e. The molecule has 0 saturated carbocycles. The van der Waals surface area contributed by atoms with E-state index in [0.29, 0.717) is 24.8 Å². The standard InChI is InChI=1S/C17H22FN3/c1-13(2)20-11-15-4-5-17(16(18)10-15)21(3)12-14-6-8-19-9-7-14/h4-10,13,20H,11-12H2,1-3H3.